The molecule has 0 spiro atoms. The van der Waals surface area contributed by atoms with Crippen LogP contribution in [0.4, 0.5) is 0 Å². The van der Waals surface area contributed by atoms with Gasteiger partial charge < -0.3 is 69.3 Å². The number of aliphatic hydroxyl groups excluding tert-OH is 8. The third-order valence-electron chi connectivity index (χ3n) is 15.2. The van der Waals surface area contributed by atoms with Crippen molar-refractivity contribution >= 4 is 0 Å². The largest absolute Gasteiger partial charge is 0.394 e. The van der Waals surface area contributed by atoms with Crippen LogP contribution in [0.1, 0.15) is 91.9 Å². The molecule has 8 N–H and O–H groups in total. The molecule has 20 atom stereocenters. The Kier molecular flexibility index (Phi) is 14.5. The Hall–Kier alpha value is -0.560. The van der Waals surface area contributed by atoms with Gasteiger partial charge in [0, 0.05) is 5.41 Å². The molecule has 0 radical (unpaired) electrons. The highest BCUT2D eigenvalue weighted by Crippen LogP contribution is 2.69. The second-order valence-electron chi connectivity index (χ2n) is 17.9. The van der Waals surface area contributed by atoms with Crippen molar-refractivity contribution in [2.75, 3.05) is 39.6 Å². The van der Waals surface area contributed by atoms with Gasteiger partial charge in [-0.15, -0.1) is 0 Å². The normalized spacial score (nSPS) is 49.9. The first kappa shape index (κ1) is 43.0. The molecule has 4 unspecified atom stereocenters. The fourth-order valence-corrected chi connectivity index (χ4v) is 12.3. The maximum atomic E-state index is 10.5. The van der Waals surface area contributed by atoms with E-state index in [0.717, 1.165) is 44.9 Å². The van der Waals surface area contributed by atoms with Gasteiger partial charge in [0.1, 0.15) is 48.8 Å². The lowest BCUT2D eigenvalue weighted by atomic mass is 9.43. The summed E-state index contributed by atoms with van der Waals surface area (Å²) in [5.41, 5.74) is 0.0314. The number of hydrogen-bond acceptors (Lipinski definition) is 14. The molecule has 6 fully saturated rings. The van der Waals surface area contributed by atoms with Crippen LogP contribution in [0.3, 0.4) is 0 Å². The smallest absolute Gasteiger partial charge is 0.186 e. The molecule has 2 heterocycles. The van der Waals surface area contributed by atoms with Crippen LogP contribution < -0.4 is 0 Å². The average molecular weight is 775 g/mol. The summed E-state index contributed by atoms with van der Waals surface area (Å²) in [6.45, 7) is 9.32. The molecule has 0 bridgehead atoms. The van der Waals surface area contributed by atoms with Gasteiger partial charge in [-0.25, -0.2) is 0 Å². The Morgan fingerprint density at radius 2 is 1.24 bits per heavy atom. The van der Waals surface area contributed by atoms with Gasteiger partial charge in [0.05, 0.1) is 51.8 Å². The molecule has 6 aliphatic rings. The Morgan fingerprint density at radius 3 is 1.81 bits per heavy atom. The zero-order valence-corrected chi connectivity index (χ0v) is 32.7. The molecule has 0 amide bonds. The Labute approximate surface area is 320 Å². The molecule has 2 saturated heterocycles. The summed E-state index contributed by atoms with van der Waals surface area (Å²) in [5, 5.41) is 81.1. The molecule has 6 rings (SSSR count). The maximum absolute atomic E-state index is 10.5. The zero-order chi connectivity index (χ0) is 38.9. The average Bonchev–Trinajstić information content (AvgIpc) is 3.52. The van der Waals surface area contributed by atoms with E-state index in [4.69, 9.17) is 28.4 Å². The molecule has 54 heavy (non-hydrogen) atoms. The highest BCUT2D eigenvalue weighted by Gasteiger charge is 2.66. The standard InChI is InChI=1S/C40H70O14/c1-5-8-21(2)23-10-11-24-30-25(18-29(40(23,24)4)50-14-16-52-38-36(48)34(46)32(44)28(20-42)54-38)39(3)12-7-6-9-22(39)17-26(30)49-13-15-51-37-35(47)33(45)31(43)27(19-41)53-37/h21-38,41-48H,5-20H2,1-4H3/t21-,22+,23-,24+,25+,26-,27?,28?,29+,30+,31-,32-,33?,34?,35+,36+,37-,38-,39+,40-/m1/s1. The monoisotopic (exact) mass is 774 g/mol. The first-order chi connectivity index (χ1) is 25.8. The van der Waals surface area contributed by atoms with Gasteiger partial charge in [-0.3, -0.25) is 0 Å². The van der Waals surface area contributed by atoms with E-state index in [9.17, 15) is 40.9 Å². The van der Waals surface area contributed by atoms with Crippen molar-refractivity contribution in [3.63, 3.8) is 0 Å². The summed E-state index contributed by atoms with van der Waals surface area (Å²) in [4.78, 5) is 0. The van der Waals surface area contributed by atoms with Crippen molar-refractivity contribution in [1.29, 1.82) is 0 Å². The minimum atomic E-state index is -1.50. The van der Waals surface area contributed by atoms with Gasteiger partial charge in [-0.05, 0) is 79.4 Å². The lowest BCUT2D eigenvalue weighted by molar-refractivity contribution is -0.305. The molecule has 4 aliphatic carbocycles. The molecular weight excluding hydrogens is 704 g/mol. The van der Waals surface area contributed by atoms with E-state index in [2.05, 4.69) is 27.7 Å². The lowest BCUT2D eigenvalue weighted by Crippen LogP contribution is -2.63. The first-order valence-corrected chi connectivity index (χ1v) is 20.9. The van der Waals surface area contributed by atoms with Crippen molar-refractivity contribution in [1.82, 2.24) is 0 Å². The van der Waals surface area contributed by atoms with Crippen molar-refractivity contribution in [2.45, 2.75) is 166 Å². The van der Waals surface area contributed by atoms with Crippen LogP contribution in [0.15, 0.2) is 0 Å². The van der Waals surface area contributed by atoms with E-state index in [0.29, 0.717) is 35.5 Å². The minimum absolute atomic E-state index is 0.0181. The number of aliphatic hydroxyl groups is 8. The molecular formula is C40H70O14. The van der Waals surface area contributed by atoms with E-state index in [1.165, 1.54) is 19.3 Å². The van der Waals surface area contributed by atoms with Crippen LogP contribution in [0.2, 0.25) is 0 Å². The highest BCUT2D eigenvalue weighted by molar-refractivity contribution is 5.15. The zero-order valence-electron chi connectivity index (χ0n) is 32.7. The van der Waals surface area contributed by atoms with Gasteiger partial charge in [-0.2, -0.15) is 0 Å². The Bertz CT molecular complexity index is 1180. The Balaban J connectivity index is 1.18. The van der Waals surface area contributed by atoms with Crippen LogP contribution in [-0.4, -0.2) is 154 Å². The fourth-order valence-electron chi connectivity index (χ4n) is 12.3. The van der Waals surface area contributed by atoms with E-state index in [-0.39, 0.29) is 49.5 Å². The van der Waals surface area contributed by atoms with Gasteiger partial charge in [0.15, 0.2) is 12.6 Å². The quantitative estimate of drug-likeness (QED) is 0.109. The second kappa shape index (κ2) is 18.1. The van der Waals surface area contributed by atoms with E-state index < -0.39 is 74.6 Å². The summed E-state index contributed by atoms with van der Waals surface area (Å²) in [6.07, 6.45) is -2.13. The van der Waals surface area contributed by atoms with E-state index in [1.54, 1.807) is 0 Å². The summed E-state index contributed by atoms with van der Waals surface area (Å²) in [5.74, 6) is 2.57. The summed E-state index contributed by atoms with van der Waals surface area (Å²) >= 11 is 0. The lowest BCUT2D eigenvalue weighted by Gasteiger charge is -2.64. The second-order valence-corrected chi connectivity index (χ2v) is 17.9. The predicted octanol–water partition coefficient (Wildman–Crippen LogP) is 1.09. The van der Waals surface area contributed by atoms with Gasteiger partial charge >= 0.3 is 0 Å². The van der Waals surface area contributed by atoms with E-state index >= 15 is 0 Å². The SMILES string of the molecule is CCC[C@@H](C)[C@H]1CC[C@H]2[C@@H]3[C@H](OCCO[C@@H]4OC(CO)[C@@H](O)C(O)[C@@H]4O)C[C@@H]4CCCC[C@]4(C)[C@H]3C[C@H](OCCO[C@@H]3OC(CO)[C@@H](O)C(O)[C@@H]3O)[C@]12C. The Morgan fingerprint density at radius 1 is 0.667 bits per heavy atom. The number of rotatable bonds is 15. The van der Waals surface area contributed by atoms with Crippen molar-refractivity contribution in [3.05, 3.63) is 0 Å². The summed E-state index contributed by atoms with van der Waals surface area (Å²) in [6, 6.07) is 0. The fraction of sp³-hybridized carbons (Fsp3) is 1.00. The maximum Gasteiger partial charge on any atom is 0.186 e. The van der Waals surface area contributed by atoms with Crippen LogP contribution in [0, 0.1) is 46.3 Å². The van der Waals surface area contributed by atoms with E-state index in [1.807, 2.05) is 0 Å². The predicted molar refractivity (Wildman–Crippen MR) is 194 cm³/mol. The molecule has 0 aromatic carbocycles. The van der Waals surface area contributed by atoms with Gasteiger partial charge in [0.2, 0.25) is 0 Å². The third kappa shape index (κ3) is 8.06. The molecule has 14 nitrogen and oxygen atoms in total. The van der Waals surface area contributed by atoms with Crippen molar-refractivity contribution < 1.29 is 69.3 Å². The minimum Gasteiger partial charge on any atom is -0.394 e. The first-order valence-electron chi connectivity index (χ1n) is 20.9. The summed E-state index contributed by atoms with van der Waals surface area (Å²) in [7, 11) is 0. The molecule has 2 aliphatic heterocycles. The topological polar surface area (TPSA) is 217 Å². The number of hydrogen-bond donors (Lipinski definition) is 8. The molecule has 314 valence electrons. The molecule has 0 aromatic rings. The third-order valence-corrected chi connectivity index (χ3v) is 15.2. The van der Waals surface area contributed by atoms with Crippen LogP contribution in [-0.2, 0) is 28.4 Å². The molecule has 4 saturated carbocycles. The summed E-state index contributed by atoms with van der Waals surface area (Å²) < 4.78 is 36.6. The van der Waals surface area contributed by atoms with Crippen LogP contribution in [0.5, 0.6) is 0 Å². The highest BCUT2D eigenvalue weighted by atomic mass is 16.7. The van der Waals surface area contributed by atoms with Crippen LogP contribution >= 0.6 is 0 Å². The number of fused-ring (bicyclic) bond motifs is 5. The van der Waals surface area contributed by atoms with Gasteiger partial charge in [0.25, 0.3) is 0 Å². The molecule has 0 aromatic heterocycles. The van der Waals surface area contributed by atoms with Crippen molar-refractivity contribution in [2.24, 2.45) is 46.3 Å². The van der Waals surface area contributed by atoms with Crippen molar-refractivity contribution in [3.8, 4) is 0 Å². The van der Waals surface area contributed by atoms with Crippen LogP contribution in [0.25, 0.3) is 0 Å². The molecule has 14 heteroatoms. The van der Waals surface area contributed by atoms with Gasteiger partial charge in [-0.1, -0.05) is 53.4 Å². The number of ether oxygens (including phenoxy) is 6.